The van der Waals surface area contributed by atoms with Crippen LogP contribution in [0.3, 0.4) is 0 Å². The van der Waals surface area contributed by atoms with Gasteiger partial charge in [0.05, 0.1) is 18.1 Å². The van der Waals surface area contributed by atoms with E-state index in [1.54, 1.807) is 0 Å². The Kier molecular flexibility index (Phi) is 3.46. The monoisotopic (exact) mass is 240 g/mol. The van der Waals surface area contributed by atoms with E-state index in [0.29, 0.717) is 0 Å². The van der Waals surface area contributed by atoms with E-state index in [9.17, 15) is 9.90 Å². The molecule has 1 aliphatic heterocycles. The summed E-state index contributed by atoms with van der Waals surface area (Å²) in [6.45, 7) is 8.20. The van der Waals surface area contributed by atoms with Gasteiger partial charge >= 0.3 is 0 Å². The standard InChI is InChI=1S/C13H24N2O2/c1-13(2,3)15-7-9(8-15)12(17)14-10-5-4-6-11(10)16/h9-11,16H,4-8H2,1-3H3,(H,14,17)/t10-,11-/m0/s1. The van der Waals surface area contributed by atoms with Crippen LogP contribution in [0.5, 0.6) is 0 Å². The number of aliphatic hydroxyl groups is 1. The van der Waals surface area contributed by atoms with Crippen molar-refractivity contribution in [2.45, 2.75) is 57.7 Å². The Morgan fingerprint density at radius 2 is 1.94 bits per heavy atom. The molecule has 0 spiro atoms. The number of likely N-dealkylation sites (tertiary alicyclic amines) is 1. The van der Waals surface area contributed by atoms with Crippen LogP contribution in [-0.4, -0.2) is 46.7 Å². The zero-order chi connectivity index (χ0) is 12.6. The molecule has 0 aromatic heterocycles. The SMILES string of the molecule is CC(C)(C)N1CC(C(=O)N[C@H]2CCC[C@@H]2O)C1. The largest absolute Gasteiger partial charge is 0.391 e. The van der Waals surface area contributed by atoms with Gasteiger partial charge in [0.1, 0.15) is 0 Å². The summed E-state index contributed by atoms with van der Waals surface area (Å²) in [7, 11) is 0. The van der Waals surface area contributed by atoms with Crippen LogP contribution in [0.1, 0.15) is 40.0 Å². The minimum absolute atomic E-state index is 0.00816. The Bertz CT molecular complexity index is 292. The third-order valence-corrected chi connectivity index (χ3v) is 4.01. The summed E-state index contributed by atoms with van der Waals surface area (Å²) in [5, 5.41) is 12.7. The Labute approximate surface area is 103 Å². The van der Waals surface area contributed by atoms with Crippen LogP contribution in [0.25, 0.3) is 0 Å². The molecule has 1 aliphatic carbocycles. The van der Waals surface area contributed by atoms with E-state index in [0.717, 1.165) is 32.4 Å². The lowest BCUT2D eigenvalue weighted by Gasteiger charge is -2.47. The van der Waals surface area contributed by atoms with Gasteiger partial charge in [-0.2, -0.15) is 0 Å². The van der Waals surface area contributed by atoms with Crippen molar-refractivity contribution in [2.75, 3.05) is 13.1 Å². The van der Waals surface area contributed by atoms with E-state index in [1.165, 1.54) is 0 Å². The summed E-state index contributed by atoms with van der Waals surface area (Å²) in [6, 6.07) is -0.00816. The van der Waals surface area contributed by atoms with Gasteiger partial charge in [-0.25, -0.2) is 0 Å². The van der Waals surface area contributed by atoms with Gasteiger partial charge in [0.25, 0.3) is 0 Å². The Hall–Kier alpha value is -0.610. The zero-order valence-electron chi connectivity index (χ0n) is 11.1. The first-order chi connectivity index (χ1) is 7.88. The summed E-state index contributed by atoms with van der Waals surface area (Å²) in [5.74, 6) is 0.235. The highest BCUT2D eigenvalue weighted by Crippen LogP contribution is 2.26. The molecule has 1 amide bonds. The highest BCUT2D eigenvalue weighted by Gasteiger charge is 2.39. The maximum absolute atomic E-state index is 12.0. The normalized spacial score (nSPS) is 31.3. The van der Waals surface area contributed by atoms with E-state index in [2.05, 4.69) is 31.0 Å². The zero-order valence-corrected chi connectivity index (χ0v) is 11.1. The molecular weight excluding hydrogens is 216 g/mol. The Morgan fingerprint density at radius 1 is 1.29 bits per heavy atom. The van der Waals surface area contributed by atoms with Gasteiger partial charge < -0.3 is 10.4 Å². The number of carbonyl (C=O) groups is 1. The van der Waals surface area contributed by atoms with Crippen LogP contribution in [0.4, 0.5) is 0 Å². The maximum Gasteiger partial charge on any atom is 0.226 e. The number of amides is 1. The van der Waals surface area contributed by atoms with Crippen LogP contribution in [0.15, 0.2) is 0 Å². The van der Waals surface area contributed by atoms with Crippen molar-refractivity contribution >= 4 is 5.91 Å². The molecule has 0 radical (unpaired) electrons. The lowest BCUT2D eigenvalue weighted by molar-refractivity contribution is -0.134. The van der Waals surface area contributed by atoms with E-state index in [4.69, 9.17) is 0 Å². The first-order valence-corrected chi connectivity index (χ1v) is 6.61. The predicted molar refractivity (Wildman–Crippen MR) is 66.6 cm³/mol. The summed E-state index contributed by atoms with van der Waals surface area (Å²) in [4.78, 5) is 14.3. The van der Waals surface area contributed by atoms with Gasteiger partial charge in [-0.15, -0.1) is 0 Å². The molecule has 2 fully saturated rings. The van der Waals surface area contributed by atoms with Gasteiger partial charge in [-0.1, -0.05) is 0 Å². The predicted octanol–water partition coefficient (Wildman–Crippen LogP) is 0.746. The molecule has 1 heterocycles. The molecule has 0 unspecified atom stereocenters. The molecule has 98 valence electrons. The molecule has 1 saturated heterocycles. The van der Waals surface area contributed by atoms with E-state index < -0.39 is 0 Å². The van der Waals surface area contributed by atoms with Gasteiger partial charge in [0, 0.05) is 18.6 Å². The number of carbonyl (C=O) groups excluding carboxylic acids is 1. The number of hydrogen-bond acceptors (Lipinski definition) is 3. The highest BCUT2D eigenvalue weighted by atomic mass is 16.3. The topological polar surface area (TPSA) is 52.6 Å². The smallest absolute Gasteiger partial charge is 0.226 e. The van der Waals surface area contributed by atoms with Gasteiger partial charge in [-0.05, 0) is 40.0 Å². The molecule has 2 N–H and O–H groups in total. The Balaban J connectivity index is 1.76. The number of hydrogen-bond donors (Lipinski definition) is 2. The van der Waals surface area contributed by atoms with Gasteiger partial charge in [-0.3, -0.25) is 9.69 Å². The van der Waals surface area contributed by atoms with Crippen LogP contribution >= 0.6 is 0 Å². The number of nitrogens with one attached hydrogen (secondary N) is 1. The fourth-order valence-electron chi connectivity index (χ4n) is 2.60. The molecule has 2 atom stereocenters. The first-order valence-electron chi connectivity index (χ1n) is 6.61. The minimum atomic E-state index is -0.335. The van der Waals surface area contributed by atoms with Crippen LogP contribution < -0.4 is 5.32 Å². The summed E-state index contributed by atoms with van der Waals surface area (Å²) < 4.78 is 0. The van der Waals surface area contributed by atoms with Crippen LogP contribution in [0, 0.1) is 5.92 Å². The van der Waals surface area contributed by atoms with Gasteiger partial charge in [0.2, 0.25) is 5.91 Å². The summed E-state index contributed by atoms with van der Waals surface area (Å²) in [5.41, 5.74) is 0.156. The van der Waals surface area contributed by atoms with Crippen molar-refractivity contribution < 1.29 is 9.90 Å². The molecule has 1 saturated carbocycles. The number of aliphatic hydroxyl groups excluding tert-OH is 1. The van der Waals surface area contributed by atoms with Crippen molar-refractivity contribution in [1.29, 1.82) is 0 Å². The van der Waals surface area contributed by atoms with Crippen molar-refractivity contribution in [2.24, 2.45) is 5.92 Å². The number of nitrogens with zero attached hydrogens (tertiary/aromatic N) is 1. The second-order valence-electron chi connectivity index (χ2n) is 6.39. The van der Waals surface area contributed by atoms with E-state index in [1.807, 2.05) is 0 Å². The van der Waals surface area contributed by atoms with Crippen molar-refractivity contribution in [1.82, 2.24) is 10.2 Å². The number of rotatable bonds is 2. The third kappa shape index (κ3) is 2.80. The first kappa shape index (κ1) is 12.8. The molecule has 2 aliphatic rings. The average Bonchev–Trinajstić information content (AvgIpc) is 2.46. The fraction of sp³-hybridized carbons (Fsp3) is 0.923. The van der Waals surface area contributed by atoms with Crippen molar-refractivity contribution in [3.63, 3.8) is 0 Å². The van der Waals surface area contributed by atoms with Crippen molar-refractivity contribution in [3.05, 3.63) is 0 Å². The second-order valence-corrected chi connectivity index (χ2v) is 6.39. The lowest BCUT2D eigenvalue weighted by Crippen LogP contribution is -2.61. The molecule has 0 bridgehead atoms. The van der Waals surface area contributed by atoms with Crippen molar-refractivity contribution in [3.8, 4) is 0 Å². The van der Waals surface area contributed by atoms with Gasteiger partial charge in [0.15, 0.2) is 0 Å². The Morgan fingerprint density at radius 3 is 2.41 bits per heavy atom. The fourth-order valence-corrected chi connectivity index (χ4v) is 2.60. The molecule has 4 heteroatoms. The molecule has 0 aromatic carbocycles. The summed E-state index contributed by atoms with van der Waals surface area (Å²) >= 11 is 0. The molecule has 0 aromatic rings. The lowest BCUT2D eigenvalue weighted by atomic mass is 9.91. The molecular formula is C13H24N2O2. The minimum Gasteiger partial charge on any atom is -0.391 e. The third-order valence-electron chi connectivity index (χ3n) is 4.01. The average molecular weight is 240 g/mol. The quantitative estimate of drug-likeness (QED) is 0.749. The maximum atomic E-state index is 12.0. The van der Waals surface area contributed by atoms with Crippen LogP contribution in [-0.2, 0) is 4.79 Å². The second kappa shape index (κ2) is 4.58. The molecule has 17 heavy (non-hydrogen) atoms. The van der Waals surface area contributed by atoms with E-state index >= 15 is 0 Å². The van der Waals surface area contributed by atoms with E-state index in [-0.39, 0.29) is 29.5 Å². The molecule has 4 nitrogen and oxygen atoms in total. The molecule has 2 rings (SSSR count). The summed E-state index contributed by atoms with van der Waals surface area (Å²) in [6.07, 6.45) is 2.43. The highest BCUT2D eigenvalue weighted by molar-refractivity contribution is 5.80. The van der Waals surface area contributed by atoms with Crippen LogP contribution in [0.2, 0.25) is 0 Å².